The average Bonchev–Trinajstić information content (AvgIpc) is 3.08. The maximum Gasteiger partial charge on any atom is 0.278 e. The highest BCUT2D eigenvalue weighted by atomic mass is 19.1. The van der Waals surface area contributed by atoms with Crippen LogP contribution >= 0.6 is 0 Å². The zero-order valence-electron chi connectivity index (χ0n) is 16.8. The van der Waals surface area contributed by atoms with Crippen molar-refractivity contribution in [3.05, 3.63) is 77.0 Å². The Balaban J connectivity index is 1.79. The van der Waals surface area contributed by atoms with Crippen LogP contribution in [0.3, 0.4) is 0 Å². The quantitative estimate of drug-likeness (QED) is 0.544. The minimum absolute atomic E-state index is 0.168. The van der Waals surface area contributed by atoms with E-state index in [0.717, 1.165) is 11.1 Å². The van der Waals surface area contributed by atoms with E-state index >= 15 is 0 Å². The molecule has 7 nitrogen and oxygen atoms in total. The first-order valence-corrected chi connectivity index (χ1v) is 9.35. The van der Waals surface area contributed by atoms with Crippen LogP contribution in [0, 0.1) is 19.7 Å². The van der Waals surface area contributed by atoms with Gasteiger partial charge in [-0.3, -0.25) is 4.79 Å². The number of hydrogen-bond acceptors (Lipinski definition) is 5. The second kappa shape index (κ2) is 8.00. The summed E-state index contributed by atoms with van der Waals surface area (Å²) in [7, 11) is 1.57. The fourth-order valence-electron chi connectivity index (χ4n) is 3.32. The number of hydrogen-bond donors (Lipinski definition) is 1. The molecule has 2 heterocycles. The molecule has 4 aromatic rings. The second-order valence-corrected chi connectivity index (χ2v) is 6.95. The molecule has 0 radical (unpaired) electrons. The Bertz CT molecular complexity index is 1230. The molecular formula is C22H20FN5O2. The first-order valence-electron chi connectivity index (χ1n) is 9.35. The average molecular weight is 405 g/mol. The zero-order chi connectivity index (χ0) is 21.3. The van der Waals surface area contributed by atoms with Gasteiger partial charge in [0, 0.05) is 12.8 Å². The van der Waals surface area contributed by atoms with Gasteiger partial charge in [-0.1, -0.05) is 24.3 Å². The first-order chi connectivity index (χ1) is 14.5. The van der Waals surface area contributed by atoms with E-state index in [9.17, 15) is 9.18 Å². The van der Waals surface area contributed by atoms with E-state index in [-0.39, 0.29) is 24.0 Å². The minimum atomic E-state index is -0.375. The number of rotatable bonds is 5. The number of nitrogens with one attached hydrogen (secondary N) is 1. The van der Waals surface area contributed by atoms with Crippen molar-refractivity contribution in [3.63, 3.8) is 0 Å². The molecule has 1 N–H and O–H groups in total. The third kappa shape index (κ3) is 3.65. The van der Waals surface area contributed by atoms with Crippen LogP contribution in [0.5, 0.6) is 0 Å². The molecular weight excluding hydrogens is 385 g/mol. The van der Waals surface area contributed by atoms with Crippen LogP contribution in [0.2, 0.25) is 0 Å². The van der Waals surface area contributed by atoms with Crippen molar-refractivity contribution in [1.29, 1.82) is 0 Å². The summed E-state index contributed by atoms with van der Waals surface area (Å²) in [6, 6.07) is 13.6. The maximum absolute atomic E-state index is 13.4. The van der Waals surface area contributed by atoms with Gasteiger partial charge in [0.1, 0.15) is 5.82 Å². The summed E-state index contributed by atoms with van der Waals surface area (Å²) in [6.07, 6.45) is 0. The number of halogens is 1. The fraction of sp³-hybridized carbons (Fsp3) is 0.182. The lowest BCUT2D eigenvalue weighted by atomic mass is 10.1. The summed E-state index contributed by atoms with van der Waals surface area (Å²) in [4.78, 5) is 12.8. The number of ether oxygens (including phenoxy) is 1. The Labute approximate surface area is 172 Å². The topological polar surface area (TPSA) is 81.4 Å². The number of nitrogens with zero attached hydrogens (tertiary/aromatic N) is 4. The highest BCUT2D eigenvalue weighted by Gasteiger charge is 2.22. The van der Waals surface area contributed by atoms with Gasteiger partial charge < -0.3 is 10.1 Å². The van der Waals surface area contributed by atoms with Gasteiger partial charge in [-0.05, 0) is 49.2 Å². The molecule has 0 unspecified atom stereocenters. The molecule has 30 heavy (non-hydrogen) atoms. The molecule has 1 amide bonds. The van der Waals surface area contributed by atoms with Gasteiger partial charge in [-0.25, -0.2) is 8.91 Å². The standard InChI is InChI=1S/C22H20FN5O2/c1-13-5-4-6-17(11-13)24-22(29)20-14(2)28-21(26-25-20)19(18(27-28)12-30-3)15-7-9-16(23)10-8-15/h4-11H,12H2,1-3H3,(H,24,29). The Hall–Kier alpha value is -3.65. The summed E-state index contributed by atoms with van der Waals surface area (Å²) >= 11 is 0. The van der Waals surface area contributed by atoms with E-state index in [1.807, 2.05) is 31.2 Å². The van der Waals surface area contributed by atoms with Crippen molar-refractivity contribution in [3.8, 4) is 11.1 Å². The Morgan fingerprint density at radius 1 is 1.13 bits per heavy atom. The number of fused-ring (bicyclic) bond motifs is 1. The fourth-order valence-corrected chi connectivity index (χ4v) is 3.32. The van der Waals surface area contributed by atoms with E-state index in [1.54, 1.807) is 30.7 Å². The van der Waals surface area contributed by atoms with Gasteiger partial charge in [0.15, 0.2) is 11.3 Å². The monoisotopic (exact) mass is 405 g/mol. The van der Waals surface area contributed by atoms with E-state index in [1.165, 1.54) is 12.1 Å². The molecule has 8 heteroatoms. The molecule has 4 rings (SSSR count). The van der Waals surface area contributed by atoms with Gasteiger partial charge in [-0.15, -0.1) is 10.2 Å². The predicted octanol–water partition coefficient (Wildman–Crippen LogP) is 3.95. The molecule has 0 aliphatic rings. The molecule has 2 aromatic carbocycles. The number of carbonyl (C=O) groups is 1. The van der Waals surface area contributed by atoms with Gasteiger partial charge in [0.05, 0.1) is 23.6 Å². The van der Waals surface area contributed by atoms with Crippen LogP contribution in [0.4, 0.5) is 10.1 Å². The van der Waals surface area contributed by atoms with Crippen molar-refractivity contribution in [2.75, 3.05) is 12.4 Å². The lowest BCUT2D eigenvalue weighted by molar-refractivity contribution is 0.102. The van der Waals surface area contributed by atoms with E-state index in [4.69, 9.17) is 4.74 Å². The summed E-state index contributed by atoms with van der Waals surface area (Å²) in [5.74, 6) is -0.708. The number of aryl methyl sites for hydroxylation is 2. The predicted molar refractivity (Wildman–Crippen MR) is 111 cm³/mol. The number of aromatic nitrogens is 4. The molecule has 152 valence electrons. The van der Waals surface area contributed by atoms with Crippen molar-refractivity contribution in [2.24, 2.45) is 0 Å². The van der Waals surface area contributed by atoms with Gasteiger partial charge in [0.25, 0.3) is 5.91 Å². The normalized spacial score (nSPS) is 11.1. The number of carbonyl (C=O) groups excluding carboxylic acids is 1. The molecule has 2 aromatic heterocycles. The van der Waals surface area contributed by atoms with Crippen molar-refractivity contribution in [2.45, 2.75) is 20.5 Å². The minimum Gasteiger partial charge on any atom is -0.378 e. The molecule has 0 fully saturated rings. The van der Waals surface area contributed by atoms with E-state index in [2.05, 4.69) is 20.6 Å². The molecule has 0 spiro atoms. The van der Waals surface area contributed by atoms with Crippen LogP contribution in [-0.2, 0) is 11.3 Å². The van der Waals surface area contributed by atoms with Gasteiger partial charge in [-0.2, -0.15) is 5.10 Å². The smallest absolute Gasteiger partial charge is 0.278 e. The van der Waals surface area contributed by atoms with E-state index in [0.29, 0.717) is 28.3 Å². The summed E-state index contributed by atoms with van der Waals surface area (Å²) in [5.41, 5.74) is 4.94. The highest BCUT2D eigenvalue weighted by Crippen LogP contribution is 2.29. The Kier molecular flexibility index (Phi) is 5.24. The van der Waals surface area contributed by atoms with Crippen LogP contribution < -0.4 is 5.32 Å². The van der Waals surface area contributed by atoms with E-state index < -0.39 is 0 Å². The van der Waals surface area contributed by atoms with Crippen LogP contribution in [0.1, 0.15) is 27.4 Å². The lowest BCUT2D eigenvalue weighted by Crippen LogP contribution is -2.18. The second-order valence-electron chi connectivity index (χ2n) is 6.95. The SMILES string of the molecule is COCc1nn2c(C)c(C(=O)Nc3cccc(C)c3)nnc2c1-c1ccc(F)cc1. The van der Waals surface area contributed by atoms with Crippen LogP contribution in [0.15, 0.2) is 48.5 Å². The number of benzene rings is 2. The molecule has 0 aliphatic carbocycles. The largest absolute Gasteiger partial charge is 0.378 e. The third-order valence-corrected chi connectivity index (χ3v) is 4.74. The van der Waals surface area contributed by atoms with Crippen molar-refractivity contribution < 1.29 is 13.9 Å². The Morgan fingerprint density at radius 2 is 1.90 bits per heavy atom. The summed E-state index contributed by atoms with van der Waals surface area (Å²) in [5, 5.41) is 15.8. The lowest BCUT2D eigenvalue weighted by Gasteiger charge is -2.08. The number of anilines is 1. The molecule has 0 bridgehead atoms. The summed E-state index contributed by atoms with van der Waals surface area (Å²) < 4.78 is 20.2. The van der Waals surface area contributed by atoms with Crippen LogP contribution in [-0.4, -0.2) is 32.8 Å². The molecule has 0 atom stereocenters. The first kappa shape index (κ1) is 19.7. The zero-order valence-corrected chi connectivity index (χ0v) is 16.8. The van der Waals surface area contributed by atoms with Gasteiger partial charge >= 0.3 is 0 Å². The van der Waals surface area contributed by atoms with Crippen LogP contribution in [0.25, 0.3) is 16.8 Å². The van der Waals surface area contributed by atoms with Crippen molar-refractivity contribution >= 4 is 17.2 Å². The maximum atomic E-state index is 13.4. The number of methoxy groups -OCH3 is 1. The molecule has 0 aliphatic heterocycles. The van der Waals surface area contributed by atoms with Crippen molar-refractivity contribution in [1.82, 2.24) is 19.8 Å². The van der Waals surface area contributed by atoms with Gasteiger partial charge in [0.2, 0.25) is 0 Å². The number of amides is 1. The Morgan fingerprint density at radius 3 is 2.60 bits per heavy atom. The molecule has 0 saturated heterocycles. The third-order valence-electron chi connectivity index (χ3n) is 4.74. The molecule has 0 saturated carbocycles. The highest BCUT2D eigenvalue weighted by molar-refractivity contribution is 6.03. The summed E-state index contributed by atoms with van der Waals surface area (Å²) in [6.45, 7) is 3.94.